The van der Waals surface area contributed by atoms with Gasteiger partial charge >= 0.3 is 0 Å². The van der Waals surface area contributed by atoms with Crippen molar-refractivity contribution in [3.63, 3.8) is 0 Å². The van der Waals surface area contributed by atoms with Crippen molar-refractivity contribution in [2.45, 2.75) is 32.4 Å². The first-order chi connectivity index (χ1) is 16.6. The van der Waals surface area contributed by atoms with Gasteiger partial charge in [0, 0.05) is 37.2 Å². The average molecular weight is 474 g/mol. The number of pyridine rings is 2. The molecular weight excluding hydrogens is 450 g/mol. The molecule has 0 radical (unpaired) electrons. The van der Waals surface area contributed by atoms with Gasteiger partial charge in [0.25, 0.3) is 5.56 Å². The van der Waals surface area contributed by atoms with Crippen LogP contribution < -0.4 is 5.56 Å². The van der Waals surface area contributed by atoms with Crippen LogP contribution in [0.3, 0.4) is 0 Å². The third-order valence-electron chi connectivity index (χ3n) is 5.43. The second-order valence-electron chi connectivity index (χ2n) is 7.86. The number of imidazole rings is 1. The van der Waals surface area contributed by atoms with Crippen LogP contribution >= 0.6 is 11.6 Å². The van der Waals surface area contributed by atoms with Crippen molar-refractivity contribution in [1.82, 2.24) is 19.1 Å². The lowest BCUT2D eigenvalue weighted by Gasteiger charge is -2.20. The lowest BCUT2D eigenvalue weighted by atomic mass is 10.1. The molecule has 7 nitrogen and oxygen atoms in total. The normalized spacial score (nSPS) is 11.8. The molecule has 0 aliphatic heterocycles. The largest absolute Gasteiger partial charge is 0.367 e. The van der Waals surface area contributed by atoms with Crippen molar-refractivity contribution < 1.29 is 4.74 Å². The van der Waals surface area contributed by atoms with Gasteiger partial charge in [0.2, 0.25) is 0 Å². The maximum Gasteiger partial charge on any atom is 0.256 e. The van der Waals surface area contributed by atoms with Crippen molar-refractivity contribution in [3.05, 3.63) is 111 Å². The van der Waals surface area contributed by atoms with E-state index in [2.05, 4.69) is 23.0 Å². The molecule has 0 aliphatic carbocycles. The average Bonchev–Trinajstić information content (AvgIpc) is 3.32. The van der Waals surface area contributed by atoms with Crippen molar-refractivity contribution in [1.29, 1.82) is 5.26 Å². The Morgan fingerprint density at radius 3 is 2.65 bits per heavy atom. The van der Waals surface area contributed by atoms with Crippen LogP contribution in [0.25, 0.3) is 5.82 Å². The van der Waals surface area contributed by atoms with Crippen molar-refractivity contribution in [3.8, 4) is 11.9 Å². The van der Waals surface area contributed by atoms with Gasteiger partial charge < -0.3 is 9.30 Å². The molecule has 3 aromatic heterocycles. The van der Waals surface area contributed by atoms with Crippen LogP contribution in [-0.4, -0.2) is 25.7 Å². The minimum absolute atomic E-state index is 0.208. The van der Waals surface area contributed by atoms with Crippen molar-refractivity contribution in [2.75, 3.05) is 6.61 Å². The molecule has 0 aliphatic rings. The first-order valence-corrected chi connectivity index (χ1v) is 11.4. The third-order valence-corrected chi connectivity index (χ3v) is 5.65. The Kier molecular flexibility index (Phi) is 7.53. The fourth-order valence-corrected chi connectivity index (χ4v) is 3.76. The number of unbranched alkanes of at least 4 members (excludes halogenated alkanes) is 1. The highest BCUT2D eigenvalue weighted by Crippen LogP contribution is 2.27. The lowest BCUT2D eigenvalue weighted by Crippen LogP contribution is -2.18. The third kappa shape index (κ3) is 5.42. The first kappa shape index (κ1) is 23.4. The molecule has 4 aromatic rings. The highest BCUT2D eigenvalue weighted by molar-refractivity contribution is 6.30. The summed E-state index contributed by atoms with van der Waals surface area (Å²) < 4.78 is 9.73. The summed E-state index contributed by atoms with van der Waals surface area (Å²) in [6.45, 7) is 3.31. The van der Waals surface area contributed by atoms with E-state index in [1.807, 2.05) is 34.9 Å². The second kappa shape index (κ2) is 10.9. The fourth-order valence-electron chi connectivity index (χ4n) is 3.60. The number of nitriles is 1. The van der Waals surface area contributed by atoms with Gasteiger partial charge in [-0.05, 0) is 36.2 Å². The zero-order valence-electron chi connectivity index (χ0n) is 18.8. The van der Waals surface area contributed by atoms with Crippen LogP contribution in [0.15, 0.2) is 78.2 Å². The van der Waals surface area contributed by atoms with E-state index in [1.54, 1.807) is 37.1 Å². The molecule has 1 atom stereocenters. The monoisotopic (exact) mass is 473 g/mol. The molecule has 0 unspecified atom stereocenters. The van der Waals surface area contributed by atoms with Crippen LogP contribution in [0, 0.1) is 11.3 Å². The van der Waals surface area contributed by atoms with Crippen LogP contribution in [0.1, 0.15) is 48.3 Å². The molecule has 0 amide bonds. The van der Waals surface area contributed by atoms with Crippen molar-refractivity contribution in [2.24, 2.45) is 0 Å². The Hall–Kier alpha value is -3.73. The molecule has 0 spiro atoms. The Labute approximate surface area is 202 Å². The highest BCUT2D eigenvalue weighted by atomic mass is 35.5. The lowest BCUT2D eigenvalue weighted by molar-refractivity contribution is 0.0726. The topological polar surface area (TPSA) is 85.7 Å². The number of hydrogen-bond acceptors (Lipinski definition) is 5. The molecule has 0 fully saturated rings. The predicted octanol–water partition coefficient (Wildman–Crippen LogP) is 4.91. The Morgan fingerprint density at radius 2 is 1.94 bits per heavy atom. The Bertz CT molecular complexity index is 1340. The molecule has 0 saturated heterocycles. The maximum absolute atomic E-state index is 12.2. The number of aromatic nitrogens is 4. The minimum Gasteiger partial charge on any atom is -0.367 e. The van der Waals surface area contributed by atoms with E-state index in [4.69, 9.17) is 21.6 Å². The molecule has 3 heterocycles. The van der Waals surface area contributed by atoms with E-state index in [1.165, 1.54) is 10.6 Å². The summed E-state index contributed by atoms with van der Waals surface area (Å²) in [6, 6.07) is 16.3. The summed E-state index contributed by atoms with van der Waals surface area (Å²) in [6.07, 6.45) is 8.43. The van der Waals surface area contributed by atoms with E-state index < -0.39 is 0 Å². The Balaban J connectivity index is 1.64. The zero-order chi connectivity index (χ0) is 23.9. The summed E-state index contributed by atoms with van der Waals surface area (Å²) in [5, 5.41) is 9.50. The summed E-state index contributed by atoms with van der Waals surface area (Å²) in [5.41, 5.74) is 3.23. The molecule has 172 valence electrons. The summed E-state index contributed by atoms with van der Waals surface area (Å²) >= 11 is 6.05. The molecule has 4 rings (SSSR count). The van der Waals surface area contributed by atoms with Crippen LogP contribution in [0.5, 0.6) is 0 Å². The van der Waals surface area contributed by atoms with E-state index >= 15 is 0 Å². The number of nitrogens with zero attached hydrogens (tertiary/aromatic N) is 5. The zero-order valence-corrected chi connectivity index (χ0v) is 19.5. The molecule has 0 bridgehead atoms. The summed E-state index contributed by atoms with van der Waals surface area (Å²) in [5.74, 6) is 0.481. The van der Waals surface area contributed by atoms with Gasteiger partial charge in [0.15, 0.2) is 0 Å². The van der Waals surface area contributed by atoms with Crippen LogP contribution in [-0.2, 0) is 11.3 Å². The van der Waals surface area contributed by atoms with Crippen LogP contribution in [0.2, 0.25) is 5.02 Å². The molecule has 1 aromatic carbocycles. The molecule has 34 heavy (non-hydrogen) atoms. The van der Waals surface area contributed by atoms with Gasteiger partial charge in [0.1, 0.15) is 11.9 Å². The predicted molar refractivity (Wildman–Crippen MR) is 130 cm³/mol. The SMILES string of the molecule is CCCCO[C@H](c1ccc(-n2cc(Cl)ccc2=O)nc1)c1cncn1Cc1ccc(C#N)cc1. The minimum atomic E-state index is -0.370. The van der Waals surface area contributed by atoms with Gasteiger partial charge in [-0.15, -0.1) is 0 Å². The maximum atomic E-state index is 12.2. The first-order valence-electron chi connectivity index (χ1n) is 11.0. The van der Waals surface area contributed by atoms with Gasteiger partial charge in [0.05, 0.1) is 34.9 Å². The van der Waals surface area contributed by atoms with Gasteiger partial charge in [-0.25, -0.2) is 9.97 Å². The highest BCUT2D eigenvalue weighted by Gasteiger charge is 2.20. The van der Waals surface area contributed by atoms with E-state index in [-0.39, 0.29) is 11.7 Å². The Morgan fingerprint density at radius 1 is 1.12 bits per heavy atom. The molecule has 0 N–H and O–H groups in total. The number of halogens is 1. The number of hydrogen-bond donors (Lipinski definition) is 0. The van der Waals surface area contributed by atoms with E-state index in [0.717, 1.165) is 29.7 Å². The van der Waals surface area contributed by atoms with E-state index in [0.29, 0.717) is 29.6 Å². The number of ether oxygens (including phenoxy) is 1. The van der Waals surface area contributed by atoms with Gasteiger partial charge in [-0.1, -0.05) is 43.1 Å². The molecule has 0 saturated carbocycles. The quantitative estimate of drug-likeness (QED) is 0.322. The number of benzene rings is 1. The smallest absolute Gasteiger partial charge is 0.256 e. The standard InChI is InChI=1S/C26H24ClN5O2/c1-2-3-12-34-26(21-8-10-24(30-14-21)32-17-22(27)9-11-25(32)33)23-15-29-18-31(23)16-20-6-4-19(13-28)5-7-20/h4-11,14-15,17-18,26H,2-3,12,16H2,1H3/t26-/m1/s1. The van der Waals surface area contributed by atoms with Gasteiger partial charge in [-0.2, -0.15) is 5.26 Å². The van der Waals surface area contributed by atoms with Crippen LogP contribution in [0.4, 0.5) is 0 Å². The molecular formula is C26H24ClN5O2. The van der Waals surface area contributed by atoms with Gasteiger partial charge in [-0.3, -0.25) is 9.36 Å². The second-order valence-corrected chi connectivity index (χ2v) is 8.30. The number of rotatable bonds is 9. The summed E-state index contributed by atoms with van der Waals surface area (Å²) in [7, 11) is 0. The summed E-state index contributed by atoms with van der Waals surface area (Å²) in [4.78, 5) is 21.1. The van der Waals surface area contributed by atoms with Crippen molar-refractivity contribution >= 4 is 11.6 Å². The fraction of sp³-hybridized carbons (Fsp3) is 0.231. The molecule has 8 heteroatoms. The van der Waals surface area contributed by atoms with E-state index in [9.17, 15) is 4.79 Å².